The molecule has 2 aromatic carbocycles. The first-order valence-corrected chi connectivity index (χ1v) is 7.59. The van der Waals surface area contributed by atoms with Gasteiger partial charge in [-0.15, -0.1) is 0 Å². The van der Waals surface area contributed by atoms with Gasteiger partial charge >= 0.3 is 0 Å². The molecule has 5 heteroatoms. The van der Waals surface area contributed by atoms with Gasteiger partial charge in [0.15, 0.2) is 0 Å². The van der Waals surface area contributed by atoms with Gasteiger partial charge in [0.25, 0.3) is 0 Å². The van der Waals surface area contributed by atoms with E-state index in [9.17, 15) is 5.11 Å². The predicted molar refractivity (Wildman–Crippen MR) is 85.5 cm³/mol. The molecule has 0 saturated carbocycles. The molecule has 0 aliphatic heterocycles. The Morgan fingerprint density at radius 1 is 1.00 bits per heavy atom. The smallest absolute Gasteiger partial charge is 0.143 e. The molecule has 0 radical (unpaired) electrons. The van der Waals surface area contributed by atoms with Crippen LogP contribution in [0.5, 0.6) is 17.2 Å². The molecule has 1 unspecified atom stereocenters. The van der Waals surface area contributed by atoms with Crippen LogP contribution in [0.2, 0.25) is 0 Å². The van der Waals surface area contributed by atoms with E-state index in [4.69, 9.17) is 9.47 Å². The maximum atomic E-state index is 9.77. The molecule has 0 amide bonds. The minimum absolute atomic E-state index is 0.591. The van der Waals surface area contributed by atoms with E-state index >= 15 is 0 Å². The molecule has 0 heterocycles. The van der Waals surface area contributed by atoms with Crippen LogP contribution in [-0.2, 0) is 0 Å². The van der Waals surface area contributed by atoms with Gasteiger partial charge in [-0.05, 0) is 57.0 Å². The quantitative estimate of drug-likeness (QED) is 0.777. The number of hydrogen-bond acceptors (Lipinski definition) is 3. The maximum absolute atomic E-state index is 9.77. The number of aliphatic hydroxyl groups excluding tert-OH is 1. The van der Waals surface area contributed by atoms with E-state index in [1.54, 1.807) is 14.0 Å². The predicted octanol–water partition coefficient (Wildman–Crippen LogP) is 5.07. The molecule has 0 bridgehead atoms. The number of para-hydroxylation sites is 1. The molecule has 0 aliphatic rings. The SMILES string of the molecule is COc1cc(Br)c(Oc2ccccc2C(C)O)cc1Br. The van der Waals surface area contributed by atoms with Gasteiger partial charge in [-0.25, -0.2) is 0 Å². The van der Waals surface area contributed by atoms with Gasteiger partial charge in [0, 0.05) is 5.56 Å². The number of halogens is 2. The second-order valence-corrected chi connectivity index (χ2v) is 5.94. The van der Waals surface area contributed by atoms with E-state index in [1.165, 1.54) is 0 Å². The maximum Gasteiger partial charge on any atom is 0.143 e. The van der Waals surface area contributed by atoms with Crippen LogP contribution < -0.4 is 9.47 Å². The van der Waals surface area contributed by atoms with Crippen molar-refractivity contribution in [3.63, 3.8) is 0 Å². The summed E-state index contributed by atoms with van der Waals surface area (Å²) < 4.78 is 12.7. The Kier molecular flexibility index (Phi) is 5.07. The number of ether oxygens (including phenoxy) is 2. The van der Waals surface area contributed by atoms with Crippen LogP contribution >= 0.6 is 31.9 Å². The molecule has 1 N–H and O–H groups in total. The number of aliphatic hydroxyl groups is 1. The van der Waals surface area contributed by atoms with Crippen LogP contribution in [0.25, 0.3) is 0 Å². The summed E-state index contributed by atoms with van der Waals surface area (Å²) in [6.07, 6.45) is -0.591. The Morgan fingerprint density at radius 3 is 2.25 bits per heavy atom. The third-order valence-electron chi connectivity index (χ3n) is 2.80. The lowest BCUT2D eigenvalue weighted by Gasteiger charge is -2.15. The second kappa shape index (κ2) is 6.61. The fourth-order valence-corrected chi connectivity index (χ4v) is 2.67. The van der Waals surface area contributed by atoms with Crippen LogP contribution in [0.3, 0.4) is 0 Å². The van der Waals surface area contributed by atoms with Crippen LogP contribution in [-0.4, -0.2) is 12.2 Å². The number of benzene rings is 2. The molecule has 3 nitrogen and oxygen atoms in total. The summed E-state index contributed by atoms with van der Waals surface area (Å²) in [6.45, 7) is 1.71. The molecule has 0 aromatic heterocycles. The van der Waals surface area contributed by atoms with Crippen LogP contribution in [0, 0.1) is 0 Å². The van der Waals surface area contributed by atoms with Crippen molar-refractivity contribution >= 4 is 31.9 Å². The standard InChI is InChI=1S/C15H14Br2O3/c1-9(18)10-5-3-4-6-13(10)20-15-8-11(16)14(19-2)7-12(15)17/h3-9,18H,1-2H3. The van der Waals surface area contributed by atoms with E-state index < -0.39 is 6.10 Å². The average molecular weight is 402 g/mol. The molecule has 0 spiro atoms. The van der Waals surface area contributed by atoms with E-state index in [0.717, 1.165) is 14.5 Å². The summed E-state index contributed by atoms with van der Waals surface area (Å²) in [7, 11) is 1.61. The molecule has 1 atom stereocenters. The van der Waals surface area contributed by atoms with Crippen LogP contribution in [0.1, 0.15) is 18.6 Å². The summed E-state index contributed by atoms with van der Waals surface area (Å²) >= 11 is 6.88. The second-order valence-electron chi connectivity index (χ2n) is 4.23. The normalized spacial score (nSPS) is 12.1. The highest BCUT2D eigenvalue weighted by atomic mass is 79.9. The minimum Gasteiger partial charge on any atom is -0.496 e. The lowest BCUT2D eigenvalue weighted by molar-refractivity contribution is 0.195. The summed E-state index contributed by atoms with van der Waals surface area (Å²) in [4.78, 5) is 0. The average Bonchev–Trinajstić information content (AvgIpc) is 2.42. The highest BCUT2D eigenvalue weighted by Crippen LogP contribution is 2.39. The molecule has 0 fully saturated rings. The van der Waals surface area contributed by atoms with E-state index in [0.29, 0.717) is 17.2 Å². The lowest BCUT2D eigenvalue weighted by atomic mass is 10.1. The van der Waals surface area contributed by atoms with Gasteiger partial charge < -0.3 is 14.6 Å². The van der Waals surface area contributed by atoms with Crippen molar-refractivity contribution in [1.29, 1.82) is 0 Å². The first-order chi connectivity index (χ1) is 9.52. The summed E-state index contributed by atoms with van der Waals surface area (Å²) in [5.74, 6) is 1.99. The third-order valence-corrected chi connectivity index (χ3v) is 4.03. The van der Waals surface area contributed by atoms with Gasteiger partial charge in [0.2, 0.25) is 0 Å². The zero-order valence-corrected chi connectivity index (χ0v) is 14.2. The van der Waals surface area contributed by atoms with Crippen molar-refractivity contribution in [3.8, 4) is 17.2 Å². The van der Waals surface area contributed by atoms with Gasteiger partial charge in [0.05, 0.1) is 22.2 Å². The molecule has 20 heavy (non-hydrogen) atoms. The van der Waals surface area contributed by atoms with Crippen LogP contribution in [0.4, 0.5) is 0 Å². The van der Waals surface area contributed by atoms with Crippen molar-refractivity contribution in [2.45, 2.75) is 13.0 Å². The summed E-state index contributed by atoms with van der Waals surface area (Å²) in [5, 5.41) is 9.77. The Labute approximate surface area is 134 Å². The topological polar surface area (TPSA) is 38.7 Å². The largest absolute Gasteiger partial charge is 0.496 e. The van der Waals surface area contributed by atoms with Crippen molar-refractivity contribution in [1.82, 2.24) is 0 Å². The Hall–Kier alpha value is -1.04. The zero-order valence-electron chi connectivity index (χ0n) is 11.1. The number of methoxy groups -OCH3 is 1. The van der Waals surface area contributed by atoms with Crippen molar-refractivity contribution in [2.75, 3.05) is 7.11 Å². The van der Waals surface area contributed by atoms with Crippen molar-refractivity contribution in [2.24, 2.45) is 0 Å². The molecule has 0 aliphatic carbocycles. The summed E-state index contributed by atoms with van der Waals surface area (Å²) in [5.41, 5.74) is 0.742. The van der Waals surface area contributed by atoms with E-state index in [2.05, 4.69) is 31.9 Å². The fourth-order valence-electron chi connectivity index (χ4n) is 1.78. The lowest BCUT2D eigenvalue weighted by Crippen LogP contribution is -1.96. The monoisotopic (exact) mass is 400 g/mol. The van der Waals surface area contributed by atoms with E-state index in [-0.39, 0.29) is 0 Å². The van der Waals surface area contributed by atoms with Gasteiger partial charge in [0.1, 0.15) is 17.2 Å². The first-order valence-electron chi connectivity index (χ1n) is 6.00. The van der Waals surface area contributed by atoms with Gasteiger partial charge in [-0.3, -0.25) is 0 Å². The fraction of sp³-hybridized carbons (Fsp3) is 0.200. The molecule has 0 saturated heterocycles. The first kappa shape index (κ1) is 15.4. The van der Waals surface area contributed by atoms with Gasteiger partial charge in [-0.1, -0.05) is 18.2 Å². The van der Waals surface area contributed by atoms with Gasteiger partial charge in [-0.2, -0.15) is 0 Å². The summed E-state index contributed by atoms with van der Waals surface area (Å²) in [6, 6.07) is 11.0. The van der Waals surface area contributed by atoms with E-state index in [1.807, 2.05) is 36.4 Å². The molecular formula is C15H14Br2O3. The Morgan fingerprint density at radius 2 is 1.60 bits per heavy atom. The highest BCUT2D eigenvalue weighted by Gasteiger charge is 2.13. The number of hydrogen-bond donors (Lipinski definition) is 1. The molecule has 106 valence electrons. The Bertz CT molecular complexity index is 612. The van der Waals surface area contributed by atoms with Crippen molar-refractivity contribution < 1.29 is 14.6 Å². The zero-order chi connectivity index (χ0) is 14.7. The highest BCUT2D eigenvalue weighted by molar-refractivity contribution is 9.11. The number of rotatable bonds is 4. The van der Waals surface area contributed by atoms with Crippen LogP contribution in [0.15, 0.2) is 45.3 Å². The minimum atomic E-state index is -0.591. The molecule has 2 rings (SSSR count). The van der Waals surface area contributed by atoms with Crippen molar-refractivity contribution in [3.05, 3.63) is 50.9 Å². The third kappa shape index (κ3) is 3.34. The molecular weight excluding hydrogens is 388 g/mol. The Balaban J connectivity index is 2.38. The molecule has 2 aromatic rings.